The van der Waals surface area contributed by atoms with E-state index in [0.717, 1.165) is 25.3 Å². The van der Waals surface area contributed by atoms with E-state index in [-0.39, 0.29) is 6.04 Å². The number of benzene rings is 1. The van der Waals surface area contributed by atoms with Crippen LogP contribution in [0.1, 0.15) is 29.0 Å². The summed E-state index contributed by atoms with van der Waals surface area (Å²) in [5, 5.41) is 3.52. The van der Waals surface area contributed by atoms with Crippen LogP contribution in [0.5, 0.6) is 5.75 Å². The maximum Gasteiger partial charge on any atom is 0.127 e. The Morgan fingerprint density at radius 3 is 3.22 bits per heavy atom. The minimum Gasteiger partial charge on any atom is -0.493 e. The highest BCUT2D eigenvalue weighted by atomic mass is 32.1. The third kappa shape index (κ3) is 2.02. The van der Waals surface area contributed by atoms with E-state index in [0.29, 0.717) is 0 Å². The minimum absolute atomic E-state index is 0.190. The molecule has 4 heteroatoms. The van der Waals surface area contributed by atoms with Crippen LogP contribution in [0, 0.1) is 0 Å². The quantitative estimate of drug-likeness (QED) is 0.918. The van der Waals surface area contributed by atoms with Crippen LogP contribution in [0.25, 0.3) is 0 Å². The second-order valence-corrected chi connectivity index (χ2v) is 5.25. The Bertz CT molecular complexity index is 525. The van der Waals surface area contributed by atoms with Crippen LogP contribution >= 0.6 is 11.3 Å². The van der Waals surface area contributed by atoms with Gasteiger partial charge >= 0.3 is 0 Å². The Balaban J connectivity index is 2.03. The molecule has 0 bridgehead atoms. The van der Waals surface area contributed by atoms with Crippen molar-refractivity contribution in [2.24, 2.45) is 0 Å². The van der Waals surface area contributed by atoms with Crippen LogP contribution < -0.4 is 10.1 Å². The molecule has 1 aliphatic rings. The average molecular weight is 260 g/mol. The highest BCUT2D eigenvalue weighted by Crippen LogP contribution is 2.36. The summed E-state index contributed by atoms with van der Waals surface area (Å²) < 4.78 is 5.80. The summed E-state index contributed by atoms with van der Waals surface area (Å²) in [6.45, 7) is 3.85. The molecule has 2 aromatic rings. The van der Waals surface area contributed by atoms with E-state index in [9.17, 15) is 0 Å². The molecule has 0 radical (unpaired) electrons. The normalized spacial score (nSPS) is 15.2. The number of rotatable bonds is 4. The summed E-state index contributed by atoms with van der Waals surface area (Å²) in [7, 11) is 0. The molecule has 0 saturated carbocycles. The van der Waals surface area contributed by atoms with Crippen LogP contribution in [-0.2, 0) is 6.42 Å². The molecule has 0 fully saturated rings. The maximum absolute atomic E-state index is 5.80. The predicted molar refractivity (Wildman–Crippen MR) is 73.3 cm³/mol. The standard InChI is InChI=1S/C14H16N2OS/c1-2-16-13(12-8-15-9-18-12)11-5-3-4-10-6-7-17-14(10)11/h3-5,8-9,13,16H,2,6-7H2,1H3. The lowest BCUT2D eigenvalue weighted by Crippen LogP contribution is -2.21. The minimum atomic E-state index is 0.190. The molecule has 3 nitrogen and oxygen atoms in total. The third-order valence-corrected chi connectivity index (χ3v) is 4.04. The number of aromatic nitrogens is 1. The zero-order valence-corrected chi connectivity index (χ0v) is 11.2. The first-order chi connectivity index (χ1) is 8.90. The lowest BCUT2D eigenvalue weighted by molar-refractivity contribution is 0.351. The summed E-state index contributed by atoms with van der Waals surface area (Å²) in [4.78, 5) is 5.42. The first kappa shape index (κ1) is 11.7. The van der Waals surface area contributed by atoms with E-state index in [4.69, 9.17) is 4.74 Å². The van der Waals surface area contributed by atoms with Crippen LogP contribution in [0.15, 0.2) is 29.9 Å². The fourth-order valence-electron chi connectivity index (χ4n) is 2.40. The summed E-state index contributed by atoms with van der Waals surface area (Å²) in [5.41, 5.74) is 4.43. The van der Waals surface area contributed by atoms with Gasteiger partial charge in [0.15, 0.2) is 0 Å². The van der Waals surface area contributed by atoms with Gasteiger partial charge < -0.3 is 10.1 Å². The fourth-order valence-corrected chi connectivity index (χ4v) is 3.12. The molecule has 1 unspecified atom stereocenters. The summed E-state index contributed by atoms with van der Waals surface area (Å²) in [5.74, 6) is 1.07. The van der Waals surface area contributed by atoms with Gasteiger partial charge in [-0.05, 0) is 12.1 Å². The SMILES string of the molecule is CCNC(c1cncs1)c1cccc2c1OCC2. The smallest absolute Gasteiger partial charge is 0.127 e. The van der Waals surface area contributed by atoms with Gasteiger partial charge in [-0.1, -0.05) is 25.1 Å². The summed E-state index contributed by atoms with van der Waals surface area (Å²) in [6, 6.07) is 6.61. The van der Waals surface area contributed by atoms with Gasteiger partial charge in [0.05, 0.1) is 18.2 Å². The van der Waals surface area contributed by atoms with Crippen molar-refractivity contribution in [3.8, 4) is 5.75 Å². The molecular formula is C14H16N2OS. The molecular weight excluding hydrogens is 244 g/mol. The molecule has 0 amide bonds. The van der Waals surface area contributed by atoms with Gasteiger partial charge in [0.25, 0.3) is 0 Å². The van der Waals surface area contributed by atoms with Crippen molar-refractivity contribution in [3.63, 3.8) is 0 Å². The first-order valence-corrected chi connectivity index (χ1v) is 7.14. The van der Waals surface area contributed by atoms with Crippen molar-refractivity contribution in [2.75, 3.05) is 13.2 Å². The molecule has 18 heavy (non-hydrogen) atoms. The van der Waals surface area contributed by atoms with Gasteiger partial charge in [0.2, 0.25) is 0 Å². The molecule has 1 atom stereocenters. The van der Waals surface area contributed by atoms with E-state index in [2.05, 4.69) is 35.4 Å². The number of nitrogens with one attached hydrogen (secondary N) is 1. The van der Waals surface area contributed by atoms with Gasteiger partial charge in [-0.3, -0.25) is 4.98 Å². The van der Waals surface area contributed by atoms with Gasteiger partial charge in [-0.25, -0.2) is 0 Å². The monoisotopic (exact) mass is 260 g/mol. The molecule has 1 aromatic carbocycles. The zero-order chi connectivity index (χ0) is 12.4. The number of thiazole rings is 1. The number of hydrogen-bond donors (Lipinski definition) is 1. The van der Waals surface area contributed by atoms with Crippen LogP contribution in [0.2, 0.25) is 0 Å². The van der Waals surface area contributed by atoms with Crippen molar-refractivity contribution in [1.29, 1.82) is 0 Å². The molecule has 3 rings (SSSR count). The topological polar surface area (TPSA) is 34.2 Å². The van der Waals surface area contributed by atoms with Gasteiger partial charge in [-0.2, -0.15) is 0 Å². The molecule has 2 heterocycles. The first-order valence-electron chi connectivity index (χ1n) is 6.26. The highest BCUT2D eigenvalue weighted by Gasteiger charge is 2.23. The number of para-hydroxylation sites is 1. The van der Waals surface area contributed by atoms with Crippen molar-refractivity contribution in [1.82, 2.24) is 10.3 Å². The maximum atomic E-state index is 5.80. The Hall–Kier alpha value is -1.39. The second kappa shape index (κ2) is 5.08. The van der Waals surface area contributed by atoms with Crippen molar-refractivity contribution >= 4 is 11.3 Å². The predicted octanol–water partition coefficient (Wildman–Crippen LogP) is 2.78. The Morgan fingerprint density at radius 1 is 1.50 bits per heavy atom. The number of ether oxygens (including phenoxy) is 1. The largest absolute Gasteiger partial charge is 0.493 e. The molecule has 1 N–H and O–H groups in total. The Labute approximate surface area is 111 Å². The van der Waals surface area contributed by atoms with Crippen LogP contribution in [0.4, 0.5) is 0 Å². The van der Waals surface area contributed by atoms with E-state index in [1.54, 1.807) is 11.3 Å². The van der Waals surface area contributed by atoms with E-state index in [1.165, 1.54) is 16.0 Å². The third-order valence-electron chi connectivity index (χ3n) is 3.20. The van der Waals surface area contributed by atoms with Crippen LogP contribution in [-0.4, -0.2) is 18.1 Å². The Morgan fingerprint density at radius 2 is 2.44 bits per heavy atom. The lowest BCUT2D eigenvalue weighted by Gasteiger charge is -2.19. The van der Waals surface area contributed by atoms with Gasteiger partial charge in [0.1, 0.15) is 5.75 Å². The van der Waals surface area contributed by atoms with Gasteiger partial charge in [-0.15, -0.1) is 11.3 Å². The average Bonchev–Trinajstić information content (AvgIpc) is 3.06. The molecule has 94 valence electrons. The molecule has 1 aromatic heterocycles. The second-order valence-electron chi connectivity index (χ2n) is 4.33. The number of hydrogen-bond acceptors (Lipinski definition) is 4. The zero-order valence-electron chi connectivity index (χ0n) is 10.3. The summed E-state index contributed by atoms with van der Waals surface area (Å²) >= 11 is 1.68. The number of fused-ring (bicyclic) bond motifs is 1. The fraction of sp³-hybridized carbons (Fsp3) is 0.357. The van der Waals surface area contributed by atoms with E-state index >= 15 is 0 Å². The molecule has 1 aliphatic heterocycles. The lowest BCUT2D eigenvalue weighted by atomic mass is 10.0. The van der Waals surface area contributed by atoms with Crippen molar-refractivity contribution < 1.29 is 4.74 Å². The Kier molecular flexibility index (Phi) is 3.30. The van der Waals surface area contributed by atoms with Gasteiger partial charge in [0, 0.05) is 23.1 Å². The van der Waals surface area contributed by atoms with Crippen molar-refractivity contribution in [2.45, 2.75) is 19.4 Å². The molecule has 0 aliphatic carbocycles. The van der Waals surface area contributed by atoms with Crippen molar-refractivity contribution in [3.05, 3.63) is 45.9 Å². The van der Waals surface area contributed by atoms with Crippen LogP contribution in [0.3, 0.4) is 0 Å². The molecule has 0 spiro atoms. The molecule has 0 saturated heterocycles. The highest BCUT2D eigenvalue weighted by molar-refractivity contribution is 7.09. The van der Waals surface area contributed by atoms with E-state index in [1.807, 2.05) is 11.7 Å². The van der Waals surface area contributed by atoms with E-state index < -0.39 is 0 Å². The summed E-state index contributed by atoms with van der Waals surface area (Å²) in [6.07, 6.45) is 2.96. The number of nitrogens with zero attached hydrogens (tertiary/aromatic N) is 1.